The summed E-state index contributed by atoms with van der Waals surface area (Å²) in [6.07, 6.45) is 1.64. The number of aryl methyl sites for hydroxylation is 2. The molecule has 0 fully saturated rings. The molecule has 0 atom stereocenters. The van der Waals surface area contributed by atoms with Crippen molar-refractivity contribution in [1.82, 2.24) is 0 Å². The monoisotopic (exact) mass is 419 g/mol. The fraction of sp³-hybridized carbons (Fsp3) is 0.240. The molecule has 6 heteroatoms. The molecule has 2 aromatic rings. The summed E-state index contributed by atoms with van der Waals surface area (Å²) < 4.78 is 9.94. The van der Waals surface area contributed by atoms with Crippen LogP contribution in [0.4, 0.5) is 5.69 Å². The van der Waals surface area contributed by atoms with E-state index < -0.39 is 11.9 Å². The molecule has 0 unspecified atom stereocenters. The summed E-state index contributed by atoms with van der Waals surface area (Å²) in [6, 6.07) is 12.3. The Morgan fingerprint density at radius 1 is 0.968 bits per heavy atom. The number of carbonyl (C=O) groups is 3. The van der Waals surface area contributed by atoms with Gasteiger partial charge in [-0.25, -0.2) is 9.59 Å². The number of hydrogen-bond donors (Lipinski definition) is 0. The van der Waals surface area contributed by atoms with Gasteiger partial charge in [-0.05, 0) is 74.7 Å². The van der Waals surface area contributed by atoms with Crippen molar-refractivity contribution in [2.45, 2.75) is 27.7 Å². The van der Waals surface area contributed by atoms with Gasteiger partial charge in [0.05, 0.1) is 30.4 Å². The maximum atomic E-state index is 13.4. The zero-order chi connectivity index (χ0) is 22.7. The molecule has 1 amide bonds. The number of amides is 1. The molecule has 1 aliphatic heterocycles. The maximum absolute atomic E-state index is 13.4. The predicted octanol–water partition coefficient (Wildman–Crippen LogP) is 4.36. The van der Waals surface area contributed by atoms with E-state index >= 15 is 0 Å². The highest BCUT2D eigenvalue weighted by molar-refractivity contribution is 6.23. The van der Waals surface area contributed by atoms with E-state index in [0.717, 1.165) is 11.1 Å². The highest BCUT2D eigenvalue weighted by Crippen LogP contribution is 2.36. The topological polar surface area (TPSA) is 72.9 Å². The number of carbonyl (C=O) groups excluding carboxylic acids is 3. The Kier molecular flexibility index (Phi) is 6.39. The van der Waals surface area contributed by atoms with Gasteiger partial charge in [-0.2, -0.15) is 0 Å². The van der Waals surface area contributed by atoms with E-state index in [9.17, 15) is 14.4 Å². The smallest absolute Gasteiger partial charge is 0.340 e. The lowest BCUT2D eigenvalue weighted by Crippen LogP contribution is -2.24. The van der Waals surface area contributed by atoms with Crippen LogP contribution in [0.2, 0.25) is 0 Å². The first-order valence-electron chi connectivity index (χ1n) is 9.98. The average molecular weight is 419 g/mol. The Morgan fingerprint density at radius 2 is 1.65 bits per heavy atom. The van der Waals surface area contributed by atoms with Gasteiger partial charge < -0.3 is 9.47 Å². The van der Waals surface area contributed by atoms with Gasteiger partial charge in [0, 0.05) is 11.4 Å². The van der Waals surface area contributed by atoms with Crippen molar-refractivity contribution in [2.24, 2.45) is 0 Å². The van der Waals surface area contributed by atoms with E-state index in [1.54, 1.807) is 44.2 Å². The molecule has 3 rings (SSSR count). The largest absolute Gasteiger partial charge is 0.465 e. The summed E-state index contributed by atoms with van der Waals surface area (Å²) in [5.41, 5.74) is 4.93. The molecule has 0 N–H and O–H groups in total. The quantitative estimate of drug-likeness (QED) is 0.532. The first-order chi connectivity index (χ1) is 14.8. The molecule has 1 heterocycles. The lowest BCUT2D eigenvalue weighted by Gasteiger charge is -2.19. The van der Waals surface area contributed by atoms with Gasteiger partial charge in [0.15, 0.2) is 0 Å². The summed E-state index contributed by atoms with van der Waals surface area (Å²) >= 11 is 0. The number of rotatable bonds is 5. The SMILES string of the molecule is CCOC(=O)C1=C(C)N(c2ccc(C)c(C)c2)C(=O)/C1=C/c1ccc(C(=O)OC)cc1. The number of ether oxygens (including phenoxy) is 2. The highest BCUT2D eigenvalue weighted by atomic mass is 16.5. The third-order valence-electron chi connectivity index (χ3n) is 5.27. The van der Waals surface area contributed by atoms with Crippen LogP contribution < -0.4 is 4.90 Å². The Balaban J connectivity index is 2.08. The Hall–Kier alpha value is -3.67. The molecule has 0 saturated heterocycles. The van der Waals surface area contributed by atoms with Crippen molar-refractivity contribution in [1.29, 1.82) is 0 Å². The Bertz CT molecular complexity index is 1110. The maximum Gasteiger partial charge on any atom is 0.340 e. The fourth-order valence-electron chi connectivity index (χ4n) is 3.46. The van der Waals surface area contributed by atoms with Crippen molar-refractivity contribution in [3.63, 3.8) is 0 Å². The molecular formula is C25H25NO5. The summed E-state index contributed by atoms with van der Waals surface area (Å²) in [4.78, 5) is 39.3. The lowest BCUT2D eigenvalue weighted by atomic mass is 10.0. The summed E-state index contributed by atoms with van der Waals surface area (Å²) in [6.45, 7) is 7.64. The molecule has 0 bridgehead atoms. The molecule has 0 aliphatic carbocycles. The molecule has 6 nitrogen and oxygen atoms in total. The number of anilines is 1. The van der Waals surface area contributed by atoms with Crippen LogP contribution in [0.15, 0.2) is 59.3 Å². The number of esters is 2. The summed E-state index contributed by atoms with van der Waals surface area (Å²) in [5.74, 6) is -1.29. The van der Waals surface area contributed by atoms with Crippen molar-refractivity contribution < 1.29 is 23.9 Å². The zero-order valence-corrected chi connectivity index (χ0v) is 18.3. The van der Waals surface area contributed by atoms with E-state index in [-0.39, 0.29) is 23.7 Å². The van der Waals surface area contributed by atoms with Gasteiger partial charge in [-0.3, -0.25) is 9.69 Å². The fourth-order valence-corrected chi connectivity index (χ4v) is 3.46. The lowest BCUT2D eigenvalue weighted by molar-refractivity contribution is -0.138. The van der Waals surface area contributed by atoms with Gasteiger partial charge in [-0.15, -0.1) is 0 Å². The van der Waals surface area contributed by atoms with Gasteiger partial charge >= 0.3 is 11.9 Å². The minimum Gasteiger partial charge on any atom is -0.465 e. The number of methoxy groups -OCH3 is 1. The summed E-state index contributed by atoms with van der Waals surface area (Å²) in [5, 5.41) is 0. The molecule has 0 saturated carbocycles. The number of hydrogen-bond acceptors (Lipinski definition) is 5. The minimum atomic E-state index is -0.544. The van der Waals surface area contributed by atoms with Crippen LogP contribution in [-0.2, 0) is 19.1 Å². The second-order valence-corrected chi connectivity index (χ2v) is 7.26. The van der Waals surface area contributed by atoms with Crippen LogP contribution >= 0.6 is 0 Å². The molecular weight excluding hydrogens is 394 g/mol. The molecule has 160 valence electrons. The molecule has 0 spiro atoms. The second kappa shape index (κ2) is 9.00. The van der Waals surface area contributed by atoms with Crippen molar-refractivity contribution in [3.05, 3.63) is 81.6 Å². The van der Waals surface area contributed by atoms with Crippen molar-refractivity contribution in [2.75, 3.05) is 18.6 Å². The normalized spacial score (nSPS) is 14.9. The minimum absolute atomic E-state index is 0.203. The molecule has 0 aromatic heterocycles. The van der Waals surface area contributed by atoms with Crippen molar-refractivity contribution >= 4 is 29.6 Å². The van der Waals surface area contributed by atoms with Gasteiger partial charge in [-0.1, -0.05) is 18.2 Å². The standard InChI is InChI=1S/C25H25NO5/c1-6-31-25(29)22-17(4)26(20-12-7-15(2)16(3)13-20)23(27)21(22)14-18-8-10-19(11-9-18)24(28)30-5/h7-14H,6H2,1-5H3/b21-14+. The molecule has 0 radical (unpaired) electrons. The number of benzene rings is 2. The van der Waals surface area contributed by atoms with E-state index in [1.807, 2.05) is 32.0 Å². The summed E-state index contributed by atoms with van der Waals surface area (Å²) in [7, 11) is 1.32. The number of nitrogens with zero attached hydrogens (tertiary/aromatic N) is 1. The average Bonchev–Trinajstić information content (AvgIpc) is 3.00. The van der Waals surface area contributed by atoms with Crippen LogP contribution in [0.1, 0.15) is 40.9 Å². The molecule has 2 aromatic carbocycles. The predicted molar refractivity (Wildman–Crippen MR) is 118 cm³/mol. The second-order valence-electron chi connectivity index (χ2n) is 7.26. The van der Waals surface area contributed by atoms with Crippen LogP contribution in [0.3, 0.4) is 0 Å². The highest BCUT2D eigenvalue weighted by Gasteiger charge is 2.38. The van der Waals surface area contributed by atoms with Gasteiger partial charge in [0.2, 0.25) is 0 Å². The Labute approximate surface area is 181 Å². The van der Waals surface area contributed by atoms with Gasteiger partial charge in [0.1, 0.15) is 0 Å². The third-order valence-corrected chi connectivity index (χ3v) is 5.27. The van der Waals surface area contributed by atoms with Gasteiger partial charge in [0.25, 0.3) is 5.91 Å². The molecule has 1 aliphatic rings. The first kappa shape index (κ1) is 22.0. The Morgan fingerprint density at radius 3 is 2.23 bits per heavy atom. The van der Waals surface area contributed by atoms with E-state index in [0.29, 0.717) is 22.5 Å². The molecule has 31 heavy (non-hydrogen) atoms. The number of allylic oxidation sites excluding steroid dienone is 1. The third kappa shape index (κ3) is 4.28. The zero-order valence-electron chi connectivity index (χ0n) is 18.3. The van der Waals surface area contributed by atoms with Crippen LogP contribution in [0.5, 0.6) is 0 Å². The van der Waals surface area contributed by atoms with Crippen LogP contribution in [-0.4, -0.2) is 31.6 Å². The van der Waals surface area contributed by atoms with Crippen LogP contribution in [0, 0.1) is 13.8 Å². The van der Waals surface area contributed by atoms with E-state index in [1.165, 1.54) is 12.0 Å². The van der Waals surface area contributed by atoms with E-state index in [4.69, 9.17) is 9.47 Å². The first-order valence-corrected chi connectivity index (χ1v) is 9.98. The van der Waals surface area contributed by atoms with E-state index in [2.05, 4.69) is 0 Å². The van der Waals surface area contributed by atoms with Crippen LogP contribution in [0.25, 0.3) is 6.08 Å². The van der Waals surface area contributed by atoms with Crippen molar-refractivity contribution in [3.8, 4) is 0 Å².